The summed E-state index contributed by atoms with van der Waals surface area (Å²) < 4.78 is 5.14. The number of aliphatic carboxylic acids is 1. The summed E-state index contributed by atoms with van der Waals surface area (Å²) in [6, 6.07) is 23.9. The minimum Gasteiger partial charge on any atom is -0.548 e. The number of carbonyl (C=O) groups is 2. The standard InChI is InChI=1S/C19H23N3O4.C8H11N/c1-19(2,3)26-18(25)21-15(17(23)24)13-22(14-9-5-4-6-10-14)16-11-7-8-12-20-16;1-7(9)8-5-3-2-4-6-8/h4-12,15H,13H2,1-3H3,(H,21,25)(H,23,24);2-7H,9H2,1H3/t15-;7-/m00/s1. The molecule has 2 aromatic carbocycles. The molecule has 4 N–H and O–H groups in total. The highest BCUT2D eigenvalue weighted by Crippen LogP contribution is 2.23. The number of benzene rings is 2. The zero-order chi connectivity index (χ0) is 25.8. The fourth-order valence-electron chi connectivity index (χ4n) is 3.05. The molecule has 8 nitrogen and oxygen atoms in total. The lowest BCUT2D eigenvalue weighted by Crippen LogP contribution is -2.54. The lowest BCUT2D eigenvalue weighted by molar-refractivity contribution is -0.420. The fourth-order valence-corrected chi connectivity index (χ4v) is 3.05. The monoisotopic (exact) mass is 478 g/mol. The predicted molar refractivity (Wildman–Crippen MR) is 134 cm³/mol. The van der Waals surface area contributed by atoms with Crippen molar-refractivity contribution in [2.75, 3.05) is 11.4 Å². The maximum Gasteiger partial charge on any atom is 0.408 e. The van der Waals surface area contributed by atoms with Gasteiger partial charge in [-0.1, -0.05) is 54.6 Å². The molecule has 0 spiro atoms. The molecule has 0 aliphatic heterocycles. The first-order chi connectivity index (χ1) is 16.6. The Bertz CT molecular complexity index is 1000. The normalized spacial score (nSPS) is 12.4. The molecule has 3 aromatic rings. The molecule has 0 aliphatic carbocycles. The van der Waals surface area contributed by atoms with E-state index in [1.54, 1.807) is 50.1 Å². The van der Waals surface area contributed by atoms with Crippen LogP contribution in [0.4, 0.5) is 16.3 Å². The summed E-state index contributed by atoms with van der Waals surface area (Å²) in [5.74, 6) is -0.858. The molecule has 2 atom stereocenters. The van der Waals surface area contributed by atoms with Crippen molar-refractivity contribution in [3.05, 3.63) is 90.6 Å². The number of amides is 1. The van der Waals surface area contributed by atoms with Gasteiger partial charge in [0, 0.05) is 17.4 Å². The lowest BCUT2D eigenvalue weighted by Gasteiger charge is -2.30. The summed E-state index contributed by atoms with van der Waals surface area (Å²) in [7, 11) is 0. The molecule has 0 radical (unpaired) electrons. The molecule has 1 amide bonds. The second kappa shape index (κ2) is 13.1. The first-order valence-electron chi connectivity index (χ1n) is 11.4. The number of alkyl carbamates (subject to hydrolysis) is 1. The molecule has 0 saturated heterocycles. The van der Waals surface area contributed by atoms with Gasteiger partial charge in [0.2, 0.25) is 0 Å². The largest absolute Gasteiger partial charge is 0.548 e. The number of para-hydroxylation sites is 1. The van der Waals surface area contributed by atoms with E-state index in [0.29, 0.717) is 11.9 Å². The quantitative estimate of drug-likeness (QED) is 0.538. The Morgan fingerprint density at radius 1 is 1.00 bits per heavy atom. The highest BCUT2D eigenvalue weighted by molar-refractivity contribution is 5.80. The molecule has 0 unspecified atom stereocenters. The number of carboxylic acids is 1. The topological polar surface area (TPSA) is 122 Å². The Morgan fingerprint density at radius 3 is 2.03 bits per heavy atom. The number of anilines is 2. The zero-order valence-electron chi connectivity index (χ0n) is 20.7. The average molecular weight is 479 g/mol. The Labute approximate surface area is 206 Å². The van der Waals surface area contributed by atoms with E-state index in [1.807, 2.05) is 48.5 Å². The van der Waals surface area contributed by atoms with Gasteiger partial charge in [0.1, 0.15) is 17.5 Å². The van der Waals surface area contributed by atoms with Gasteiger partial charge in [0.15, 0.2) is 0 Å². The van der Waals surface area contributed by atoms with Crippen molar-refractivity contribution in [1.82, 2.24) is 10.3 Å². The van der Waals surface area contributed by atoms with Crippen molar-refractivity contribution in [2.24, 2.45) is 0 Å². The summed E-state index contributed by atoms with van der Waals surface area (Å²) >= 11 is 0. The number of rotatable bonds is 7. The second-order valence-electron chi connectivity index (χ2n) is 8.96. The molecule has 186 valence electrons. The highest BCUT2D eigenvalue weighted by Gasteiger charge is 2.23. The lowest BCUT2D eigenvalue weighted by atomic mass is 10.1. The Morgan fingerprint density at radius 2 is 1.57 bits per heavy atom. The summed E-state index contributed by atoms with van der Waals surface area (Å²) in [6.45, 7) is 7.12. The van der Waals surface area contributed by atoms with Crippen LogP contribution in [0.25, 0.3) is 0 Å². The predicted octanol–water partition coefficient (Wildman–Crippen LogP) is 2.85. The van der Waals surface area contributed by atoms with Gasteiger partial charge in [-0.15, -0.1) is 0 Å². The molecule has 1 heterocycles. The van der Waals surface area contributed by atoms with E-state index in [-0.39, 0.29) is 6.54 Å². The molecular formula is C27H34N4O4. The van der Waals surface area contributed by atoms with Crippen LogP contribution in [0.1, 0.15) is 39.3 Å². The summed E-state index contributed by atoms with van der Waals surface area (Å²) in [4.78, 5) is 29.5. The van der Waals surface area contributed by atoms with Crippen molar-refractivity contribution < 1.29 is 25.2 Å². The molecule has 0 saturated carbocycles. The smallest absolute Gasteiger partial charge is 0.408 e. The number of aromatic nitrogens is 1. The first-order valence-corrected chi connectivity index (χ1v) is 11.4. The Balaban J connectivity index is 0.000000402. The van der Waals surface area contributed by atoms with Crippen LogP contribution in [-0.2, 0) is 9.53 Å². The van der Waals surface area contributed by atoms with Gasteiger partial charge < -0.3 is 30.6 Å². The van der Waals surface area contributed by atoms with E-state index in [4.69, 9.17) is 4.74 Å². The number of nitrogens with zero attached hydrogens (tertiary/aromatic N) is 2. The fraction of sp³-hybridized carbons (Fsp3) is 0.296. The number of carboxylic acid groups (broad SMARTS) is 1. The summed E-state index contributed by atoms with van der Waals surface area (Å²) in [5.41, 5.74) is 5.22. The third kappa shape index (κ3) is 9.85. The van der Waals surface area contributed by atoms with Crippen molar-refractivity contribution >= 4 is 23.6 Å². The van der Waals surface area contributed by atoms with Crippen molar-refractivity contribution in [2.45, 2.75) is 45.4 Å². The van der Waals surface area contributed by atoms with E-state index >= 15 is 0 Å². The van der Waals surface area contributed by atoms with E-state index in [1.165, 1.54) is 5.56 Å². The molecule has 0 fully saturated rings. The summed E-state index contributed by atoms with van der Waals surface area (Å²) in [5, 5.41) is 13.9. The molecule has 0 aliphatic rings. The van der Waals surface area contributed by atoms with Crippen LogP contribution in [-0.4, -0.2) is 35.2 Å². The third-order valence-electron chi connectivity index (χ3n) is 4.70. The zero-order valence-corrected chi connectivity index (χ0v) is 20.7. The van der Waals surface area contributed by atoms with Crippen LogP contribution in [0.3, 0.4) is 0 Å². The van der Waals surface area contributed by atoms with Gasteiger partial charge >= 0.3 is 6.09 Å². The maximum atomic E-state index is 12.0. The molecule has 3 rings (SSSR count). The van der Waals surface area contributed by atoms with Gasteiger partial charge in [0.05, 0.1) is 18.6 Å². The molecule has 8 heteroatoms. The number of hydrogen-bond acceptors (Lipinski definition) is 6. The van der Waals surface area contributed by atoms with E-state index in [9.17, 15) is 14.7 Å². The van der Waals surface area contributed by atoms with Crippen molar-refractivity contribution in [1.29, 1.82) is 0 Å². The number of hydrogen-bond donors (Lipinski definition) is 2. The van der Waals surface area contributed by atoms with Crippen LogP contribution < -0.4 is 21.1 Å². The van der Waals surface area contributed by atoms with Crippen molar-refractivity contribution in [3.8, 4) is 0 Å². The molecule has 35 heavy (non-hydrogen) atoms. The SMILES string of the molecule is CC(C)(C)OC(=O)N[C@@H](CN(c1ccccc1)c1ccccn1)C(=O)[O-].C[C@H]([NH3+])c1ccccc1. The van der Waals surface area contributed by atoms with E-state index in [0.717, 1.165) is 5.69 Å². The van der Waals surface area contributed by atoms with Gasteiger partial charge in [0.25, 0.3) is 0 Å². The van der Waals surface area contributed by atoms with Crippen molar-refractivity contribution in [3.63, 3.8) is 0 Å². The van der Waals surface area contributed by atoms with E-state index in [2.05, 4.69) is 35.1 Å². The molecule has 0 bridgehead atoms. The summed E-state index contributed by atoms with van der Waals surface area (Å²) in [6.07, 6.45) is 0.793. The molecular weight excluding hydrogens is 444 g/mol. The Kier molecular flexibility index (Phi) is 10.2. The average Bonchev–Trinajstić information content (AvgIpc) is 2.82. The number of nitrogens with one attached hydrogen (secondary N) is 1. The van der Waals surface area contributed by atoms with Gasteiger partial charge in [-0.05, 0) is 52.0 Å². The van der Waals surface area contributed by atoms with Crippen LogP contribution >= 0.6 is 0 Å². The third-order valence-corrected chi connectivity index (χ3v) is 4.70. The molecule has 1 aromatic heterocycles. The number of carbonyl (C=O) groups excluding carboxylic acids is 2. The van der Waals surface area contributed by atoms with E-state index < -0.39 is 23.7 Å². The van der Waals surface area contributed by atoms with Gasteiger partial charge in [-0.2, -0.15) is 0 Å². The number of ether oxygens (including phenoxy) is 1. The van der Waals surface area contributed by atoms with Crippen LogP contribution in [0, 0.1) is 0 Å². The first kappa shape index (κ1) is 27.3. The minimum absolute atomic E-state index is 0.0669. The number of pyridine rings is 1. The second-order valence-corrected chi connectivity index (χ2v) is 8.96. The maximum absolute atomic E-state index is 12.0. The van der Waals surface area contributed by atoms with Crippen LogP contribution in [0.5, 0.6) is 0 Å². The Hall–Kier alpha value is -3.91. The minimum atomic E-state index is -1.41. The van der Waals surface area contributed by atoms with Gasteiger partial charge in [-0.25, -0.2) is 9.78 Å². The highest BCUT2D eigenvalue weighted by atomic mass is 16.6. The number of quaternary nitrogens is 1. The van der Waals surface area contributed by atoms with Gasteiger partial charge in [-0.3, -0.25) is 0 Å². The van der Waals surface area contributed by atoms with Crippen LogP contribution in [0.2, 0.25) is 0 Å². The van der Waals surface area contributed by atoms with Crippen LogP contribution in [0.15, 0.2) is 85.1 Å².